The second-order valence-corrected chi connectivity index (χ2v) is 6.90. The molecular formula is C17H21BFNO3. The van der Waals surface area contributed by atoms with Gasteiger partial charge in [-0.15, -0.1) is 0 Å². The molecule has 0 aliphatic carbocycles. The van der Waals surface area contributed by atoms with Crippen molar-refractivity contribution in [1.82, 2.24) is 0 Å². The van der Waals surface area contributed by atoms with Crippen LogP contribution in [0.5, 0.6) is 0 Å². The van der Waals surface area contributed by atoms with Gasteiger partial charge in [-0.05, 0) is 46.8 Å². The van der Waals surface area contributed by atoms with Gasteiger partial charge in [-0.2, -0.15) is 0 Å². The van der Waals surface area contributed by atoms with Crippen molar-refractivity contribution in [2.45, 2.75) is 45.8 Å². The fourth-order valence-corrected chi connectivity index (χ4v) is 2.58. The number of nitrogens with two attached hydrogens (primary N) is 1. The average Bonchev–Trinajstić information content (AvgIpc) is 2.92. The van der Waals surface area contributed by atoms with E-state index in [-0.39, 0.29) is 5.57 Å². The number of benzene rings is 1. The lowest BCUT2D eigenvalue weighted by Crippen LogP contribution is -2.41. The molecular weight excluding hydrogens is 296 g/mol. The van der Waals surface area contributed by atoms with Crippen LogP contribution in [0, 0.1) is 0 Å². The number of para-hydroxylation sites is 1. The lowest BCUT2D eigenvalue weighted by molar-refractivity contribution is 0.00578. The predicted octanol–water partition coefficient (Wildman–Crippen LogP) is 4.35. The van der Waals surface area contributed by atoms with E-state index in [1.165, 1.54) is 0 Å². The Balaban J connectivity index is 2.02. The molecule has 2 heterocycles. The zero-order valence-electron chi connectivity index (χ0n) is 14.1. The summed E-state index contributed by atoms with van der Waals surface area (Å²) in [6, 6.07) is 7.35. The fraction of sp³-hybridized carbons (Fsp3) is 0.412. The van der Waals surface area contributed by atoms with Crippen LogP contribution >= 0.6 is 0 Å². The van der Waals surface area contributed by atoms with Gasteiger partial charge in [-0.3, -0.25) is 0 Å². The number of halogens is 1. The van der Waals surface area contributed by atoms with E-state index in [0.29, 0.717) is 17.0 Å². The smallest absolute Gasteiger partial charge is 0.454 e. The Morgan fingerprint density at radius 2 is 1.65 bits per heavy atom. The van der Waals surface area contributed by atoms with E-state index in [1.807, 2.05) is 45.9 Å². The van der Waals surface area contributed by atoms with E-state index < -0.39 is 24.0 Å². The molecule has 4 nitrogen and oxygen atoms in total. The highest BCUT2D eigenvalue weighted by Crippen LogP contribution is 2.41. The fourth-order valence-electron chi connectivity index (χ4n) is 2.58. The van der Waals surface area contributed by atoms with Gasteiger partial charge in [0.15, 0.2) is 5.76 Å². The number of furan rings is 1. The molecule has 1 aromatic heterocycles. The Kier molecular flexibility index (Phi) is 3.57. The van der Waals surface area contributed by atoms with Gasteiger partial charge in [0.1, 0.15) is 11.3 Å². The maximum absolute atomic E-state index is 14.9. The Labute approximate surface area is 135 Å². The second kappa shape index (κ2) is 5.11. The van der Waals surface area contributed by atoms with Crippen molar-refractivity contribution in [3.8, 4) is 0 Å². The normalized spacial score (nSPS) is 20.9. The molecule has 2 aromatic rings. The van der Waals surface area contributed by atoms with Crippen LogP contribution in [-0.4, -0.2) is 18.3 Å². The van der Waals surface area contributed by atoms with Gasteiger partial charge in [-0.1, -0.05) is 12.1 Å². The Morgan fingerprint density at radius 1 is 1.09 bits per heavy atom. The minimum atomic E-state index is -1.06. The van der Waals surface area contributed by atoms with Crippen molar-refractivity contribution in [2.75, 3.05) is 5.73 Å². The maximum atomic E-state index is 14.9. The zero-order valence-corrected chi connectivity index (χ0v) is 14.1. The first-order valence-corrected chi connectivity index (χ1v) is 7.63. The first kappa shape index (κ1) is 16.1. The lowest BCUT2D eigenvalue weighted by Gasteiger charge is -2.32. The minimum absolute atomic E-state index is 0.289. The van der Waals surface area contributed by atoms with E-state index in [1.54, 1.807) is 13.0 Å². The summed E-state index contributed by atoms with van der Waals surface area (Å²) in [4.78, 5) is 0. The molecule has 0 amide bonds. The quantitative estimate of drug-likeness (QED) is 0.837. The molecule has 0 spiro atoms. The zero-order chi connectivity index (χ0) is 17.0. The van der Waals surface area contributed by atoms with Gasteiger partial charge >= 0.3 is 7.12 Å². The molecule has 1 aliphatic heterocycles. The second-order valence-electron chi connectivity index (χ2n) is 6.90. The summed E-state index contributed by atoms with van der Waals surface area (Å²) in [5.41, 5.74) is 5.72. The van der Waals surface area contributed by atoms with Crippen molar-refractivity contribution in [3.05, 3.63) is 35.8 Å². The van der Waals surface area contributed by atoms with Crippen LogP contribution in [0.4, 0.5) is 10.1 Å². The van der Waals surface area contributed by atoms with E-state index in [9.17, 15) is 4.39 Å². The number of allylic oxidation sites excluding steroid dienone is 1. The molecule has 0 radical (unpaired) electrons. The third-order valence-corrected chi connectivity index (χ3v) is 4.79. The summed E-state index contributed by atoms with van der Waals surface area (Å²) in [5.74, 6) is 0.318. The molecule has 0 unspecified atom stereocenters. The van der Waals surface area contributed by atoms with E-state index in [0.717, 1.165) is 5.39 Å². The maximum Gasteiger partial charge on any atom is 0.525 e. The molecule has 0 saturated carbocycles. The first-order chi connectivity index (χ1) is 10.6. The van der Waals surface area contributed by atoms with Gasteiger partial charge in [0.2, 0.25) is 0 Å². The molecule has 2 N–H and O–H groups in total. The average molecular weight is 317 g/mol. The number of hydrogen-bond acceptors (Lipinski definition) is 4. The Bertz CT molecular complexity index is 778. The highest BCUT2D eigenvalue weighted by molar-refractivity contribution is 6.55. The SMILES string of the molecule is CC(=C(F)B1OC(C)(C)C(C)(C)O1)c1oc2ccccc2c1N. The Hall–Kier alpha value is -1.79. The molecule has 6 heteroatoms. The number of nitrogen functional groups attached to an aromatic ring is 1. The van der Waals surface area contributed by atoms with Crippen LogP contribution in [0.3, 0.4) is 0 Å². The third-order valence-electron chi connectivity index (χ3n) is 4.79. The van der Waals surface area contributed by atoms with Gasteiger partial charge in [0, 0.05) is 11.0 Å². The lowest BCUT2D eigenvalue weighted by atomic mass is 9.84. The Morgan fingerprint density at radius 3 is 2.22 bits per heavy atom. The molecule has 23 heavy (non-hydrogen) atoms. The van der Waals surface area contributed by atoms with Crippen molar-refractivity contribution in [2.24, 2.45) is 0 Å². The first-order valence-electron chi connectivity index (χ1n) is 7.63. The minimum Gasteiger partial charge on any atom is -0.454 e. The molecule has 1 aromatic carbocycles. The largest absolute Gasteiger partial charge is 0.525 e. The molecule has 1 aliphatic rings. The van der Waals surface area contributed by atoms with Crippen molar-refractivity contribution < 1.29 is 18.1 Å². The molecule has 0 bridgehead atoms. The number of fused-ring (bicyclic) bond motifs is 1. The predicted molar refractivity (Wildman–Crippen MR) is 90.4 cm³/mol. The van der Waals surface area contributed by atoms with Gasteiger partial charge in [-0.25, -0.2) is 4.39 Å². The topological polar surface area (TPSA) is 57.6 Å². The summed E-state index contributed by atoms with van der Waals surface area (Å²) in [5, 5.41) is 0.767. The molecule has 3 rings (SSSR count). The summed E-state index contributed by atoms with van der Waals surface area (Å²) in [6.07, 6.45) is 0. The van der Waals surface area contributed by atoms with Crippen LogP contribution < -0.4 is 5.73 Å². The van der Waals surface area contributed by atoms with Gasteiger partial charge < -0.3 is 19.5 Å². The molecule has 1 fully saturated rings. The van der Waals surface area contributed by atoms with Crippen LogP contribution in [0.2, 0.25) is 0 Å². The standard InChI is InChI=1S/C17H21BFNO3/c1-10(14-13(20)11-8-6-7-9-12(11)21-14)15(19)18-22-16(2,3)17(4,5)23-18/h6-9H,20H2,1-5H3. The van der Waals surface area contributed by atoms with Crippen LogP contribution in [0.1, 0.15) is 40.4 Å². The summed E-state index contributed by atoms with van der Waals surface area (Å²) >= 11 is 0. The van der Waals surface area contributed by atoms with E-state index in [2.05, 4.69) is 0 Å². The summed E-state index contributed by atoms with van der Waals surface area (Å²) < 4.78 is 32.1. The van der Waals surface area contributed by atoms with Crippen LogP contribution in [0.15, 0.2) is 34.4 Å². The molecule has 1 saturated heterocycles. The monoisotopic (exact) mass is 317 g/mol. The van der Waals surface area contributed by atoms with Crippen LogP contribution in [0.25, 0.3) is 16.5 Å². The van der Waals surface area contributed by atoms with Crippen molar-refractivity contribution in [3.63, 3.8) is 0 Å². The van der Waals surface area contributed by atoms with Crippen molar-refractivity contribution in [1.29, 1.82) is 0 Å². The van der Waals surface area contributed by atoms with Gasteiger partial charge in [0.05, 0.1) is 16.9 Å². The van der Waals surface area contributed by atoms with E-state index in [4.69, 9.17) is 19.5 Å². The number of rotatable bonds is 2. The highest BCUT2D eigenvalue weighted by Gasteiger charge is 2.53. The summed E-state index contributed by atoms with van der Waals surface area (Å²) in [7, 11) is -1.06. The summed E-state index contributed by atoms with van der Waals surface area (Å²) in [6.45, 7) is 9.14. The highest BCUT2D eigenvalue weighted by atomic mass is 19.1. The van der Waals surface area contributed by atoms with Crippen LogP contribution in [-0.2, 0) is 9.31 Å². The van der Waals surface area contributed by atoms with Gasteiger partial charge in [0.25, 0.3) is 0 Å². The van der Waals surface area contributed by atoms with E-state index >= 15 is 0 Å². The number of anilines is 1. The molecule has 0 atom stereocenters. The number of hydrogen-bond donors (Lipinski definition) is 1. The molecule has 122 valence electrons. The third kappa shape index (κ3) is 2.46. The van der Waals surface area contributed by atoms with Crippen molar-refractivity contribution >= 4 is 29.3 Å².